The number of thiophene rings is 1. The number of aliphatic hydroxyl groups is 1. The monoisotopic (exact) mass is 347 g/mol. The second-order valence-electron chi connectivity index (χ2n) is 4.13. The maximum atomic E-state index is 12.1. The normalized spacial score (nSPS) is 12.2. The van der Waals surface area contributed by atoms with Crippen LogP contribution < -0.4 is 5.32 Å². The highest BCUT2D eigenvalue weighted by atomic mass is 35.5. The fourth-order valence-corrected chi connectivity index (χ4v) is 3.38. The van der Waals surface area contributed by atoms with E-state index in [0.29, 0.717) is 14.9 Å². The van der Waals surface area contributed by atoms with E-state index >= 15 is 0 Å². The van der Waals surface area contributed by atoms with Crippen molar-refractivity contribution in [1.29, 1.82) is 0 Å². The summed E-state index contributed by atoms with van der Waals surface area (Å²) in [7, 11) is 1.15. The second kappa shape index (κ2) is 6.62. The molecule has 0 fully saturated rings. The molecule has 2 N–H and O–H groups in total. The summed E-state index contributed by atoms with van der Waals surface area (Å²) in [6.07, 6.45) is -1.42. The highest BCUT2D eigenvalue weighted by Crippen LogP contribution is 2.36. The zero-order chi connectivity index (χ0) is 15.6. The lowest BCUT2D eigenvalue weighted by Gasteiger charge is -2.09. The molecule has 0 radical (unpaired) electrons. The van der Waals surface area contributed by atoms with Crippen molar-refractivity contribution >= 4 is 56.5 Å². The molecule has 1 aromatic heterocycles. The fraction of sp³-hybridized carbons (Fsp3) is 0.231. The van der Waals surface area contributed by atoms with Gasteiger partial charge in [-0.3, -0.25) is 4.79 Å². The third-order valence-corrected chi connectivity index (χ3v) is 4.62. The molecule has 1 unspecified atom stereocenters. The van der Waals surface area contributed by atoms with E-state index in [4.69, 9.17) is 23.2 Å². The molecular formula is C13H11Cl2NO4S. The molecule has 1 atom stereocenters. The summed E-state index contributed by atoms with van der Waals surface area (Å²) in [6.45, 7) is -0.253. The highest BCUT2D eigenvalue weighted by Gasteiger charge is 2.20. The van der Waals surface area contributed by atoms with E-state index in [1.807, 2.05) is 0 Å². The summed E-state index contributed by atoms with van der Waals surface area (Å²) in [5, 5.41) is 13.4. The van der Waals surface area contributed by atoms with E-state index < -0.39 is 18.0 Å². The van der Waals surface area contributed by atoms with Crippen LogP contribution in [0.5, 0.6) is 0 Å². The Morgan fingerprint density at radius 1 is 1.43 bits per heavy atom. The zero-order valence-corrected chi connectivity index (χ0v) is 13.2. The van der Waals surface area contributed by atoms with Gasteiger partial charge in [-0.05, 0) is 12.1 Å². The standard InChI is InChI=1S/C13H11Cl2NO4S/c1-20-13(19)8(17)5-16-12(18)11-10(15)7-3-2-6(14)4-9(7)21-11/h2-4,8,17H,5H2,1H3,(H,16,18). The van der Waals surface area contributed by atoms with Crippen LogP contribution in [0.4, 0.5) is 0 Å². The molecule has 112 valence electrons. The number of halogens is 2. The van der Waals surface area contributed by atoms with Crippen LogP contribution in [0, 0.1) is 0 Å². The number of aliphatic hydroxyl groups excluding tert-OH is 1. The van der Waals surface area contributed by atoms with E-state index in [9.17, 15) is 14.7 Å². The molecule has 5 nitrogen and oxygen atoms in total. The van der Waals surface area contributed by atoms with Gasteiger partial charge in [0.05, 0.1) is 18.7 Å². The van der Waals surface area contributed by atoms with Crippen LogP contribution in [0.3, 0.4) is 0 Å². The number of carbonyl (C=O) groups excluding carboxylic acids is 2. The number of benzene rings is 1. The predicted molar refractivity (Wildman–Crippen MR) is 82.2 cm³/mol. The number of esters is 1. The lowest BCUT2D eigenvalue weighted by molar-refractivity contribution is -0.149. The third-order valence-electron chi connectivity index (χ3n) is 2.73. The van der Waals surface area contributed by atoms with Crippen LogP contribution in [0.25, 0.3) is 10.1 Å². The van der Waals surface area contributed by atoms with Gasteiger partial charge in [0.2, 0.25) is 0 Å². The summed E-state index contributed by atoms with van der Waals surface area (Å²) >= 11 is 13.2. The average Bonchev–Trinajstić information content (AvgIpc) is 2.79. The van der Waals surface area contributed by atoms with Gasteiger partial charge < -0.3 is 15.2 Å². The number of ether oxygens (including phenoxy) is 1. The van der Waals surface area contributed by atoms with E-state index in [0.717, 1.165) is 17.2 Å². The van der Waals surface area contributed by atoms with Gasteiger partial charge in [0.25, 0.3) is 5.91 Å². The quantitative estimate of drug-likeness (QED) is 0.833. The number of methoxy groups -OCH3 is 1. The van der Waals surface area contributed by atoms with Gasteiger partial charge in [-0.2, -0.15) is 0 Å². The van der Waals surface area contributed by atoms with Gasteiger partial charge in [-0.25, -0.2) is 4.79 Å². The minimum absolute atomic E-state index is 0.253. The van der Waals surface area contributed by atoms with Gasteiger partial charge in [-0.1, -0.05) is 29.3 Å². The molecule has 0 saturated carbocycles. The summed E-state index contributed by atoms with van der Waals surface area (Å²) in [5.74, 6) is -1.29. The third kappa shape index (κ3) is 3.47. The van der Waals surface area contributed by atoms with Gasteiger partial charge >= 0.3 is 5.97 Å². The molecule has 1 amide bonds. The maximum Gasteiger partial charge on any atom is 0.336 e. The van der Waals surface area contributed by atoms with E-state index in [2.05, 4.69) is 10.1 Å². The molecule has 21 heavy (non-hydrogen) atoms. The molecule has 2 aromatic rings. The van der Waals surface area contributed by atoms with E-state index in [-0.39, 0.29) is 6.54 Å². The van der Waals surface area contributed by atoms with Crippen LogP contribution >= 0.6 is 34.5 Å². The molecule has 0 aliphatic carbocycles. The van der Waals surface area contributed by atoms with Crippen LogP contribution in [0.1, 0.15) is 9.67 Å². The Bertz CT molecular complexity index is 701. The van der Waals surface area contributed by atoms with Crippen molar-refractivity contribution in [3.63, 3.8) is 0 Å². The van der Waals surface area contributed by atoms with Crippen molar-refractivity contribution < 1.29 is 19.4 Å². The van der Waals surface area contributed by atoms with Crippen LogP contribution in [-0.4, -0.2) is 36.7 Å². The number of hydrogen-bond donors (Lipinski definition) is 2. The summed E-state index contributed by atoms with van der Waals surface area (Å²) in [5.41, 5.74) is 0. The first-order chi connectivity index (χ1) is 9.93. The van der Waals surface area contributed by atoms with E-state index in [1.165, 1.54) is 11.3 Å². The SMILES string of the molecule is COC(=O)C(O)CNC(=O)c1sc2cc(Cl)ccc2c1Cl. The minimum Gasteiger partial charge on any atom is -0.467 e. The van der Waals surface area contributed by atoms with Crippen molar-refractivity contribution in [3.8, 4) is 0 Å². The molecule has 0 aliphatic rings. The van der Waals surface area contributed by atoms with Gasteiger partial charge in [0, 0.05) is 15.1 Å². The zero-order valence-electron chi connectivity index (χ0n) is 10.9. The van der Waals surface area contributed by atoms with E-state index in [1.54, 1.807) is 18.2 Å². The van der Waals surface area contributed by atoms with Gasteiger partial charge in [0.15, 0.2) is 6.10 Å². The number of amides is 1. The first kappa shape index (κ1) is 16.0. The molecule has 8 heteroatoms. The van der Waals surface area contributed by atoms with Crippen LogP contribution in [0.15, 0.2) is 18.2 Å². The minimum atomic E-state index is -1.42. The molecule has 1 heterocycles. The maximum absolute atomic E-state index is 12.1. The van der Waals surface area contributed by atoms with Gasteiger partial charge in [-0.15, -0.1) is 11.3 Å². The molecule has 1 aromatic carbocycles. The average molecular weight is 348 g/mol. The van der Waals surface area contributed by atoms with Crippen molar-refractivity contribution in [2.45, 2.75) is 6.10 Å². The molecule has 0 saturated heterocycles. The smallest absolute Gasteiger partial charge is 0.336 e. The molecular weight excluding hydrogens is 337 g/mol. The van der Waals surface area contributed by atoms with Crippen molar-refractivity contribution in [3.05, 3.63) is 33.1 Å². The number of carbonyl (C=O) groups is 2. The van der Waals surface area contributed by atoms with Crippen LogP contribution in [-0.2, 0) is 9.53 Å². The summed E-state index contributed by atoms with van der Waals surface area (Å²) < 4.78 is 5.14. The van der Waals surface area contributed by atoms with Gasteiger partial charge in [0.1, 0.15) is 4.88 Å². The number of fused-ring (bicyclic) bond motifs is 1. The Kier molecular flexibility index (Phi) is 5.05. The second-order valence-corrected chi connectivity index (χ2v) is 6.00. The number of rotatable bonds is 4. The van der Waals surface area contributed by atoms with Crippen LogP contribution in [0.2, 0.25) is 10.0 Å². The Morgan fingerprint density at radius 2 is 2.14 bits per heavy atom. The first-order valence-corrected chi connectivity index (χ1v) is 7.43. The molecule has 2 rings (SSSR count). The Hall–Kier alpha value is -1.34. The van der Waals surface area contributed by atoms with Crippen molar-refractivity contribution in [2.24, 2.45) is 0 Å². The summed E-state index contributed by atoms with van der Waals surface area (Å²) in [4.78, 5) is 23.4. The lowest BCUT2D eigenvalue weighted by Crippen LogP contribution is -2.37. The highest BCUT2D eigenvalue weighted by molar-refractivity contribution is 7.21. The first-order valence-electron chi connectivity index (χ1n) is 5.85. The fourth-order valence-electron chi connectivity index (χ4n) is 1.67. The topological polar surface area (TPSA) is 75.6 Å². The number of hydrogen-bond acceptors (Lipinski definition) is 5. The lowest BCUT2D eigenvalue weighted by atomic mass is 10.2. The summed E-state index contributed by atoms with van der Waals surface area (Å²) in [6, 6.07) is 5.13. The van der Waals surface area contributed by atoms with Crippen molar-refractivity contribution in [1.82, 2.24) is 5.32 Å². The Morgan fingerprint density at radius 3 is 2.81 bits per heavy atom. The van der Waals surface area contributed by atoms with Crippen molar-refractivity contribution in [2.75, 3.05) is 13.7 Å². The molecule has 0 bridgehead atoms. The Balaban J connectivity index is 2.16. The Labute approximate surface area is 134 Å². The molecule has 0 spiro atoms. The largest absolute Gasteiger partial charge is 0.467 e. The predicted octanol–water partition coefficient (Wildman–Crippen LogP) is 2.47. The molecule has 0 aliphatic heterocycles. The number of nitrogens with one attached hydrogen (secondary N) is 1.